The Morgan fingerprint density at radius 2 is 1.92 bits per heavy atom. The monoisotopic (exact) mass is 357 g/mol. The van der Waals surface area contributed by atoms with Gasteiger partial charge in [0.2, 0.25) is 5.91 Å². The molecule has 4 N–H and O–H groups in total. The molecule has 24 heavy (non-hydrogen) atoms. The highest BCUT2D eigenvalue weighted by molar-refractivity contribution is 6.40. The van der Waals surface area contributed by atoms with Gasteiger partial charge < -0.3 is 26.0 Å². The standard InChI is InChI=1S/C13H16ClN5O5/c1-19(2)12(22)8(6-16-13(23)24)17-10(20)11(21)18-9-4-3-7(14)5-15-9/h3-5,8,16H,6H2,1-2H3,(H,17,20)(H,23,24)(H,15,18,21)/t8-/m0/s1. The number of anilines is 1. The molecule has 0 radical (unpaired) electrons. The number of nitrogens with one attached hydrogen (secondary N) is 3. The number of likely N-dealkylation sites (N-methyl/N-ethyl adjacent to an activating group) is 1. The van der Waals surface area contributed by atoms with Gasteiger partial charge >= 0.3 is 17.9 Å². The van der Waals surface area contributed by atoms with Crippen molar-refractivity contribution in [3.63, 3.8) is 0 Å². The highest BCUT2D eigenvalue weighted by atomic mass is 35.5. The number of amides is 4. The molecule has 0 aliphatic heterocycles. The van der Waals surface area contributed by atoms with Crippen molar-refractivity contribution in [3.8, 4) is 0 Å². The summed E-state index contributed by atoms with van der Waals surface area (Å²) in [5, 5.41) is 15.3. The third-order valence-electron chi connectivity index (χ3n) is 2.68. The molecular formula is C13H16ClN5O5. The predicted octanol–water partition coefficient (Wildman–Crippen LogP) is -0.486. The number of aromatic nitrogens is 1. The van der Waals surface area contributed by atoms with E-state index in [2.05, 4.69) is 15.6 Å². The molecule has 0 saturated carbocycles. The van der Waals surface area contributed by atoms with Crippen molar-refractivity contribution >= 4 is 41.2 Å². The van der Waals surface area contributed by atoms with Crippen LogP contribution >= 0.6 is 11.6 Å². The predicted molar refractivity (Wildman–Crippen MR) is 84.5 cm³/mol. The van der Waals surface area contributed by atoms with Crippen LogP contribution in [0.25, 0.3) is 0 Å². The molecule has 10 nitrogen and oxygen atoms in total. The fraction of sp³-hybridized carbons (Fsp3) is 0.308. The van der Waals surface area contributed by atoms with Crippen LogP contribution in [0.5, 0.6) is 0 Å². The summed E-state index contributed by atoms with van der Waals surface area (Å²) in [6.07, 6.45) is -0.0832. The van der Waals surface area contributed by atoms with Gasteiger partial charge in [0.15, 0.2) is 0 Å². The largest absolute Gasteiger partial charge is 0.465 e. The van der Waals surface area contributed by atoms with E-state index in [1.54, 1.807) is 0 Å². The Balaban J connectivity index is 2.71. The lowest BCUT2D eigenvalue weighted by molar-refractivity contribution is -0.139. The zero-order valence-electron chi connectivity index (χ0n) is 12.9. The van der Waals surface area contributed by atoms with Crippen LogP contribution in [0, 0.1) is 0 Å². The first-order chi connectivity index (χ1) is 11.2. The van der Waals surface area contributed by atoms with Crippen molar-refractivity contribution in [3.05, 3.63) is 23.4 Å². The molecule has 130 valence electrons. The van der Waals surface area contributed by atoms with E-state index < -0.39 is 29.9 Å². The van der Waals surface area contributed by atoms with Crippen LogP contribution in [-0.2, 0) is 14.4 Å². The number of hydrogen-bond donors (Lipinski definition) is 4. The molecular weight excluding hydrogens is 342 g/mol. The molecule has 1 aromatic rings. The van der Waals surface area contributed by atoms with E-state index in [9.17, 15) is 19.2 Å². The number of carboxylic acid groups (broad SMARTS) is 1. The van der Waals surface area contributed by atoms with E-state index in [0.29, 0.717) is 5.02 Å². The zero-order valence-corrected chi connectivity index (χ0v) is 13.6. The fourth-order valence-corrected chi connectivity index (χ4v) is 1.66. The molecule has 11 heteroatoms. The van der Waals surface area contributed by atoms with Gasteiger partial charge in [-0.05, 0) is 12.1 Å². The fourth-order valence-electron chi connectivity index (χ4n) is 1.55. The Morgan fingerprint density at radius 3 is 2.42 bits per heavy atom. The second-order valence-electron chi connectivity index (χ2n) is 4.76. The number of carbonyl (C=O) groups excluding carboxylic acids is 3. The first kappa shape index (κ1) is 19.2. The molecule has 1 heterocycles. The summed E-state index contributed by atoms with van der Waals surface area (Å²) in [4.78, 5) is 51.1. The minimum absolute atomic E-state index is 0.0960. The van der Waals surface area contributed by atoms with Gasteiger partial charge in [0.05, 0.1) is 11.6 Å². The van der Waals surface area contributed by atoms with Crippen molar-refractivity contribution in [2.45, 2.75) is 6.04 Å². The molecule has 0 bridgehead atoms. The Labute approximate surface area is 142 Å². The van der Waals surface area contributed by atoms with Crippen molar-refractivity contribution in [2.75, 3.05) is 26.0 Å². The lowest BCUT2D eigenvalue weighted by Gasteiger charge is -2.21. The van der Waals surface area contributed by atoms with Crippen LogP contribution in [0.15, 0.2) is 18.3 Å². The topological polar surface area (TPSA) is 141 Å². The van der Waals surface area contributed by atoms with Crippen LogP contribution in [0.1, 0.15) is 0 Å². The van der Waals surface area contributed by atoms with E-state index in [-0.39, 0.29) is 12.4 Å². The van der Waals surface area contributed by atoms with E-state index in [4.69, 9.17) is 16.7 Å². The van der Waals surface area contributed by atoms with Crippen molar-refractivity contribution in [2.24, 2.45) is 0 Å². The van der Waals surface area contributed by atoms with Gasteiger partial charge in [0.25, 0.3) is 0 Å². The third kappa shape index (κ3) is 6.08. The van der Waals surface area contributed by atoms with Crippen molar-refractivity contribution in [1.82, 2.24) is 20.5 Å². The van der Waals surface area contributed by atoms with Gasteiger partial charge in [-0.25, -0.2) is 9.78 Å². The minimum atomic E-state index is -1.37. The van der Waals surface area contributed by atoms with E-state index in [1.807, 2.05) is 5.32 Å². The number of nitrogens with zero attached hydrogens (tertiary/aromatic N) is 2. The van der Waals surface area contributed by atoms with E-state index >= 15 is 0 Å². The molecule has 4 amide bonds. The SMILES string of the molecule is CN(C)C(=O)[C@H](CNC(=O)O)NC(=O)C(=O)Nc1ccc(Cl)cn1. The highest BCUT2D eigenvalue weighted by Gasteiger charge is 2.26. The summed E-state index contributed by atoms with van der Waals surface area (Å²) in [6, 6.07) is 1.63. The maximum atomic E-state index is 11.9. The van der Waals surface area contributed by atoms with Crippen LogP contribution in [0.3, 0.4) is 0 Å². The average molecular weight is 358 g/mol. The Bertz CT molecular complexity index is 634. The quantitative estimate of drug-likeness (QED) is 0.524. The van der Waals surface area contributed by atoms with E-state index in [1.165, 1.54) is 32.4 Å². The van der Waals surface area contributed by atoms with Gasteiger partial charge in [0, 0.05) is 20.3 Å². The Morgan fingerprint density at radius 1 is 1.25 bits per heavy atom. The molecule has 0 unspecified atom stereocenters. The molecule has 0 aromatic carbocycles. The summed E-state index contributed by atoms with van der Waals surface area (Å²) in [7, 11) is 2.86. The number of pyridine rings is 1. The van der Waals surface area contributed by atoms with Crippen LogP contribution in [0.2, 0.25) is 5.02 Å². The van der Waals surface area contributed by atoms with Crippen LogP contribution in [0.4, 0.5) is 10.6 Å². The van der Waals surface area contributed by atoms with Crippen molar-refractivity contribution < 1.29 is 24.3 Å². The molecule has 0 aliphatic carbocycles. The highest BCUT2D eigenvalue weighted by Crippen LogP contribution is 2.09. The zero-order chi connectivity index (χ0) is 18.3. The number of rotatable bonds is 5. The summed E-state index contributed by atoms with van der Waals surface area (Å²) in [5.74, 6) is -2.65. The Hall–Kier alpha value is -2.88. The third-order valence-corrected chi connectivity index (χ3v) is 2.90. The second-order valence-corrected chi connectivity index (χ2v) is 5.20. The van der Waals surface area contributed by atoms with Gasteiger partial charge in [-0.3, -0.25) is 14.4 Å². The summed E-state index contributed by atoms with van der Waals surface area (Å²) >= 11 is 5.65. The molecule has 0 saturated heterocycles. The maximum Gasteiger partial charge on any atom is 0.404 e. The first-order valence-electron chi connectivity index (χ1n) is 6.62. The number of carbonyl (C=O) groups is 4. The van der Waals surface area contributed by atoms with Gasteiger partial charge in [-0.15, -0.1) is 0 Å². The minimum Gasteiger partial charge on any atom is -0.465 e. The normalized spacial score (nSPS) is 11.1. The van der Waals surface area contributed by atoms with Crippen LogP contribution < -0.4 is 16.0 Å². The molecule has 0 spiro atoms. The number of halogens is 1. The molecule has 1 aromatic heterocycles. The first-order valence-corrected chi connectivity index (χ1v) is 7.00. The van der Waals surface area contributed by atoms with Gasteiger partial charge in [-0.2, -0.15) is 0 Å². The summed E-state index contributed by atoms with van der Waals surface area (Å²) < 4.78 is 0. The maximum absolute atomic E-state index is 11.9. The summed E-state index contributed by atoms with van der Waals surface area (Å²) in [5.41, 5.74) is 0. The van der Waals surface area contributed by atoms with E-state index in [0.717, 1.165) is 4.90 Å². The van der Waals surface area contributed by atoms with Crippen LogP contribution in [-0.4, -0.2) is 65.5 Å². The Kier molecular flexibility index (Phi) is 6.93. The molecule has 1 atom stereocenters. The lowest BCUT2D eigenvalue weighted by Crippen LogP contribution is -2.54. The molecule has 0 fully saturated rings. The lowest BCUT2D eigenvalue weighted by atomic mass is 10.2. The average Bonchev–Trinajstić information content (AvgIpc) is 2.52. The molecule has 0 aliphatic rings. The number of hydrogen-bond acceptors (Lipinski definition) is 5. The molecule has 1 rings (SSSR count). The summed E-state index contributed by atoms with van der Waals surface area (Å²) in [6.45, 7) is -0.384. The van der Waals surface area contributed by atoms with Gasteiger partial charge in [0.1, 0.15) is 11.9 Å². The van der Waals surface area contributed by atoms with Gasteiger partial charge in [-0.1, -0.05) is 11.6 Å². The van der Waals surface area contributed by atoms with Crippen molar-refractivity contribution in [1.29, 1.82) is 0 Å². The smallest absolute Gasteiger partial charge is 0.404 e. The second kappa shape index (κ2) is 8.67.